The Bertz CT molecular complexity index is 1180. The second-order valence-electron chi connectivity index (χ2n) is 8.95. The fraction of sp³-hybridized carbons (Fsp3) is 0. The quantitative estimate of drug-likeness (QED) is 0.240. The van der Waals surface area contributed by atoms with Crippen LogP contribution in [0.25, 0.3) is 0 Å². The molecule has 6 aromatic rings. The van der Waals surface area contributed by atoms with Crippen LogP contribution in [0.2, 0.25) is 0 Å². The summed E-state index contributed by atoms with van der Waals surface area (Å²) >= 11 is -3.26. The number of benzene rings is 6. The van der Waals surface area contributed by atoms with Gasteiger partial charge in [-0.25, -0.2) is 0 Å². The van der Waals surface area contributed by atoms with E-state index in [2.05, 4.69) is 182 Å². The second kappa shape index (κ2) is 16.8. The van der Waals surface area contributed by atoms with Crippen molar-refractivity contribution in [1.29, 1.82) is 0 Å². The van der Waals surface area contributed by atoms with E-state index in [1.165, 1.54) is 26.4 Å². The van der Waals surface area contributed by atoms with Gasteiger partial charge in [0.2, 0.25) is 0 Å². The Morgan fingerprint density at radius 1 is 0.225 bits per heavy atom. The van der Waals surface area contributed by atoms with Crippen molar-refractivity contribution >= 4 is 74.6 Å². The zero-order valence-corrected chi connectivity index (χ0v) is 29.8. The SMILES string of the molecule is [SiH2][SiH2].c1cc[c]([Ge]([c]2ccccc2)[c]2ccccc2)cc1.c1cc[c]([Ge]([c]2ccccc2)[c]2ccccc2)cc1. The van der Waals surface area contributed by atoms with Crippen LogP contribution >= 0.6 is 0 Å². The zero-order chi connectivity index (χ0) is 27.8. The number of rotatable bonds is 6. The zero-order valence-electron chi connectivity index (χ0n) is 22.7. The van der Waals surface area contributed by atoms with E-state index in [1.807, 2.05) is 19.5 Å². The van der Waals surface area contributed by atoms with Crippen LogP contribution in [0.15, 0.2) is 182 Å². The molecule has 0 fully saturated rings. The molecule has 0 aliphatic carbocycles. The van der Waals surface area contributed by atoms with Gasteiger partial charge in [-0.3, -0.25) is 0 Å². The molecule has 194 valence electrons. The average molecular weight is 668 g/mol. The third-order valence-electron chi connectivity index (χ3n) is 6.37. The Morgan fingerprint density at radius 3 is 0.475 bits per heavy atom. The molecule has 0 spiro atoms. The van der Waals surface area contributed by atoms with Crippen molar-refractivity contribution in [2.45, 2.75) is 0 Å². The molecule has 0 aliphatic heterocycles. The van der Waals surface area contributed by atoms with Crippen LogP contribution < -0.4 is 26.4 Å². The molecular weight excluding hydrogens is 634 g/mol. The summed E-state index contributed by atoms with van der Waals surface area (Å²) in [4.78, 5) is 0. The first-order valence-electron chi connectivity index (χ1n) is 13.5. The standard InChI is InChI=1S/2C18H15Ge.H4Si2/c2*1-4-10-16(11-5-1)19(17-12-6-2-7-13-17)18-14-8-3-9-15-18;1-2/h2*1-15H;1-2H2. The van der Waals surface area contributed by atoms with Gasteiger partial charge in [0.1, 0.15) is 0 Å². The molecule has 0 atom stereocenters. The van der Waals surface area contributed by atoms with E-state index in [4.69, 9.17) is 0 Å². The normalized spacial score (nSPS) is 10.2. The minimum atomic E-state index is -1.63. The molecule has 0 nitrogen and oxygen atoms in total. The first kappa shape index (κ1) is 29.8. The number of hydrogen-bond acceptors (Lipinski definition) is 0. The summed E-state index contributed by atoms with van der Waals surface area (Å²) in [5.41, 5.74) is 0. The summed E-state index contributed by atoms with van der Waals surface area (Å²) in [6.45, 7) is 0. The Balaban J connectivity index is 0.000000174. The predicted molar refractivity (Wildman–Crippen MR) is 185 cm³/mol. The molecule has 6 aromatic carbocycles. The summed E-state index contributed by atoms with van der Waals surface area (Å²) in [5.74, 6) is 0. The topological polar surface area (TPSA) is 0 Å². The van der Waals surface area contributed by atoms with Gasteiger partial charge in [0.15, 0.2) is 0 Å². The molecule has 0 saturated heterocycles. The van der Waals surface area contributed by atoms with E-state index in [9.17, 15) is 0 Å². The monoisotopic (exact) mass is 670 g/mol. The van der Waals surface area contributed by atoms with Crippen LogP contribution in [0, 0.1) is 0 Å². The first-order chi connectivity index (χ1) is 19.9. The van der Waals surface area contributed by atoms with E-state index in [0.29, 0.717) is 0 Å². The van der Waals surface area contributed by atoms with Crippen LogP contribution in [-0.2, 0) is 0 Å². The van der Waals surface area contributed by atoms with Gasteiger partial charge >= 0.3 is 237 Å². The van der Waals surface area contributed by atoms with Gasteiger partial charge in [0.25, 0.3) is 0 Å². The maximum absolute atomic E-state index is 2.27. The van der Waals surface area contributed by atoms with Crippen molar-refractivity contribution < 1.29 is 0 Å². The Hall–Kier alpha value is -3.16. The second-order valence-corrected chi connectivity index (χ2v) is 19.4. The molecule has 0 saturated carbocycles. The van der Waals surface area contributed by atoms with Gasteiger partial charge in [0, 0.05) is 0 Å². The van der Waals surface area contributed by atoms with Crippen molar-refractivity contribution in [3.63, 3.8) is 0 Å². The fourth-order valence-corrected chi connectivity index (χ4v) is 15.4. The van der Waals surface area contributed by atoms with Crippen molar-refractivity contribution in [1.82, 2.24) is 0 Å². The van der Waals surface area contributed by atoms with Crippen molar-refractivity contribution in [3.8, 4) is 0 Å². The van der Waals surface area contributed by atoms with Gasteiger partial charge in [-0.1, -0.05) is 0 Å². The maximum atomic E-state index is 2.27. The molecule has 0 aromatic heterocycles. The predicted octanol–water partition coefficient (Wildman–Crippen LogP) is 2.57. The molecule has 40 heavy (non-hydrogen) atoms. The van der Waals surface area contributed by atoms with E-state index < -0.39 is 28.7 Å². The van der Waals surface area contributed by atoms with Crippen molar-refractivity contribution in [3.05, 3.63) is 182 Å². The molecule has 4 heteroatoms. The van der Waals surface area contributed by atoms with E-state index in [0.717, 1.165) is 0 Å². The van der Waals surface area contributed by atoms with Crippen LogP contribution in [0.1, 0.15) is 0 Å². The van der Waals surface area contributed by atoms with E-state index >= 15 is 0 Å². The summed E-state index contributed by atoms with van der Waals surface area (Å²) in [5, 5.41) is 0. The molecule has 0 N–H and O–H groups in total. The summed E-state index contributed by atoms with van der Waals surface area (Å²) < 4.78 is 9.00. The number of hydrogen-bond donors (Lipinski definition) is 0. The van der Waals surface area contributed by atoms with Gasteiger partial charge in [0.05, 0.1) is 0 Å². The van der Waals surface area contributed by atoms with Crippen LogP contribution in [0.3, 0.4) is 0 Å². The third-order valence-corrected chi connectivity index (χ3v) is 17.8. The van der Waals surface area contributed by atoms with Gasteiger partial charge in [-0.15, -0.1) is 0 Å². The van der Waals surface area contributed by atoms with Gasteiger partial charge in [-0.2, -0.15) is 0 Å². The minimum absolute atomic E-state index is 1.50. The average Bonchev–Trinajstić information content (AvgIpc) is 3.06. The van der Waals surface area contributed by atoms with E-state index in [1.54, 1.807) is 0 Å². The summed E-state index contributed by atoms with van der Waals surface area (Å²) in [7, 11) is 3.78. The van der Waals surface area contributed by atoms with Crippen molar-refractivity contribution in [2.24, 2.45) is 0 Å². The molecular formula is C36H34Ge2Si2. The summed E-state index contributed by atoms with van der Waals surface area (Å²) in [6, 6.07) is 65.6. The third kappa shape index (κ3) is 8.42. The van der Waals surface area contributed by atoms with Crippen LogP contribution in [0.5, 0.6) is 0 Å². The molecule has 0 amide bonds. The van der Waals surface area contributed by atoms with Crippen LogP contribution in [-0.4, -0.2) is 48.2 Å². The van der Waals surface area contributed by atoms with Gasteiger partial charge in [-0.05, 0) is 19.5 Å². The molecule has 0 bridgehead atoms. The van der Waals surface area contributed by atoms with Crippen LogP contribution in [0.4, 0.5) is 0 Å². The Morgan fingerprint density at radius 2 is 0.350 bits per heavy atom. The van der Waals surface area contributed by atoms with Crippen molar-refractivity contribution in [2.75, 3.05) is 0 Å². The molecule has 0 heterocycles. The molecule has 4 radical (unpaired) electrons. The van der Waals surface area contributed by atoms with Gasteiger partial charge < -0.3 is 0 Å². The Kier molecular flexibility index (Phi) is 12.5. The van der Waals surface area contributed by atoms with E-state index in [-0.39, 0.29) is 0 Å². The molecule has 6 rings (SSSR count). The first-order valence-corrected chi connectivity index (χ1v) is 23.8. The Labute approximate surface area is 255 Å². The fourth-order valence-electron chi connectivity index (χ4n) is 4.63. The summed E-state index contributed by atoms with van der Waals surface area (Å²) in [6.07, 6.45) is 0. The molecule has 0 aliphatic rings. The molecule has 0 unspecified atom stereocenters.